The van der Waals surface area contributed by atoms with Gasteiger partial charge in [-0.25, -0.2) is 27.2 Å². The van der Waals surface area contributed by atoms with Crippen LogP contribution >= 0.6 is 0 Å². The van der Waals surface area contributed by atoms with Gasteiger partial charge in [0.25, 0.3) is 0 Å². The molecule has 0 spiro atoms. The third-order valence-electron chi connectivity index (χ3n) is 7.99. The van der Waals surface area contributed by atoms with E-state index < -0.39 is 33.4 Å². The Morgan fingerprint density at radius 2 is 1.66 bits per heavy atom. The van der Waals surface area contributed by atoms with Gasteiger partial charge in [-0.1, -0.05) is 42.5 Å². The van der Waals surface area contributed by atoms with Gasteiger partial charge in [-0.15, -0.1) is 0 Å². The van der Waals surface area contributed by atoms with Crippen molar-refractivity contribution in [2.24, 2.45) is 0 Å². The number of rotatable bonds is 9. The maximum atomic E-state index is 13.8. The number of hydrogen-bond acceptors (Lipinski definition) is 6. The number of aromatic carboxylic acids is 1. The van der Waals surface area contributed by atoms with Gasteiger partial charge >= 0.3 is 12.1 Å². The zero-order valence-corrected chi connectivity index (χ0v) is 24.3. The molecule has 0 unspecified atom stereocenters. The van der Waals surface area contributed by atoms with Crippen molar-refractivity contribution >= 4 is 16.0 Å². The van der Waals surface area contributed by atoms with Crippen LogP contribution in [-0.2, 0) is 22.8 Å². The van der Waals surface area contributed by atoms with E-state index in [-0.39, 0.29) is 23.6 Å². The number of piperidine rings is 1. The van der Waals surface area contributed by atoms with Gasteiger partial charge in [0.15, 0.2) is 11.5 Å². The lowest BCUT2D eigenvalue weighted by molar-refractivity contribution is -0.143. The zero-order valence-electron chi connectivity index (χ0n) is 23.4. The Morgan fingerprint density at radius 3 is 2.32 bits per heavy atom. The molecule has 2 aromatic heterocycles. The standard InChI is InChI=1S/C31H29F3N4O5S/c32-31(33,34)29-25(30(39)40)18-35-38(29)28-7-3-5-26(36-28)24-4-1-2-6-27(24)43-19-20-8-10-21(11-9-20)22-14-16-37(17-15-22)44(41,42)23-12-13-23/h1-11,18,22-23H,12-17,19H2,(H,39,40). The van der Waals surface area contributed by atoms with Crippen LogP contribution in [-0.4, -0.2) is 56.9 Å². The van der Waals surface area contributed by atoms with Crippen LogP contribution in [0.15, 0.2) is 72.9 Å². The molecule has 1 aliphatic carbocycles. The summed E-state index contributed by atoms with van der Waals surface area (Å²) < 4.78 is 74.6. The van der Waals surface area contributed by atoms with Gasteiger partial charge in [-0.3, -0.25) is 0 Å². The summed E-state index contributed by atoms with van der Waals surface area (Å²) in [4.78, 5) is 15.7. The second-order valence-corrected chi connectivity index (χ2v) is 13.2. The zero-order chi connectivity index (χ0) is 31.1. The molecular weight excluding hydrogens is 597 g/mol. The highest BCUT2D eigenvalue weighted by atomic mass is 32.2. The Morgan fingerprint density at radius 1 is 0.955 bits per heavy atom. The monoisotopic (exact) mass is 626 g/mol. The number of carboxylic acids is 1. The first kappa shape index (κ1) is 29.8. The fourth-order valence-electron chi connectivity index (χ4n) is 5.51. The van der Waals surface area contributed by atoms with E-state index in [0.717, 1.165) is 36.8 Å². The van der Waals surface area contributed by atoms with Crippen molar-refractivity contribution < 1.29 is 36.2 Å². The lowest BCUT2D eigenvalue weighted by atomic mass is 9.90. The topological polar surface area (TPSA) is 115 Å². The molecule has 1 saturated carbocycles. The highest BCUT2D eigenvalue weighted by Crippen LogP contribution is 2.37. The van der Waals surface area contributed by atoms with Crippen LogP contribution in [0.5, 0.6) is 5.75 Å². The van der Waals surface area contributed by atoms with E-state index in [1.165, 1.54) is 12.1 Å². The largest absolute Gasteiger partial charge is 0.488 e. The average Bonchev–Trinajstić information content (AvgIpc) is 3.78. The summed E-state index contributed by atoms with van der Waals surface area (Å²) in [7, 11) is -3.14. The fourth-order valence-corrected chi connectivity index (χ4v) is 7.39. The lowest BCUT2D eigenvalue weighted by Gasteiger charge is -2.31. The molecule has 0 amide bonds. The van der Waals surface area contributed by atoms with E-state index >= 15 is 0 Å². The van der Waals surface area contributed by atoms with Crippen LogP contribution in [0.3, 0.4) is 0 Å². The van der Waals surface area contributed by atoms with Crippen LogP contribution in [0.25, 0.3) is 17.1 Å². The van der Waals surface area contributed by atoms with Crippen LogP contribution in [0, 0.1) is 0 Å². The third kappa shape index (κ3) is 6.06. The number of para-hydroxylation sites is 1. The molecule has 44 heavy (non-hydrogen) atoms. The van der Waals surface area contributed by atoms with Gasteiger partial charge in [0.2, 0.25) is 10.0 Å². The average molecular weight is 627 g/mol. The van der Waals surface area contributed by atoms with Gasteiger partial charge in [-0.05, 0) is 67.0 Å². The van der Waals surface area contributed by atoms with Crippen LogP contribution in [0.1, 0.15) is 58.8 Å². The fraction of sp³-hybridized carbons (Fsp3) is 0.323. The number of carbonyl (C=O) groups is 1. The van der Waals surface area contributed by atoms with Crippen molar-refractivity contribution in [1.29, 1.82) is 0 Å². The highest BCUT2D eigenvalue weighted by Gasteiger charge is 2.42. The van der Waals surface area contributed by atoms with E-state index in [4.69, 9.17) is 4.74 Å². The Hall–Kier alpha value is -4.23. The molecule has 0 bridgehead atoms. The van der Waals surface area contributed by atoms with Crippen molar-refractivity contribution in [2.45, 2.75) is 49.6 Å². The van der Waals surface area contributed by atoms with E-state index in [9.17, 15) is 31.5 Å². The normalized spacial score (nSPS) is 16.6. The van der Waals surface area contributed by atoms with Crippen molar-refractivity contribution in [3.8, 4) is 22.8 Å². The first-order valence-corrected chi connectivity index (χ1v) is 15.7. The summed E-state index contributed by atoms with van der Waals surface area (Å²) in [6.07, 6.45) is -1.22. The molecule has 0 atom stereocenters. The van der Waals surface area contributed by atoms with E-state index in [1.54, 1.807) is 34.6 Å². The predicted molar refractivity (Wildman–Crippen MR) is 155 cm³/mol. The highest BCUT2D eigenvalue weighted by molar-refractivity contribution is 7.90. The predicted octanol–water partition coefficient (Wildman–Crippen LogP) is 5.90. The van der Waals surface area contributed by atoms with Crippen molar-refractivity contribution in [2.75, 3.05) is 13.1 Å². The number of nitrogens with zero attached hydrogens (tertiary/aromatic N) is 4. The number of benzene rings is 2. The molecule has 6 rings (SSSR count). The molecule has 4 aromatic rings. The van der Waals surface area contributed by atoms with Crippen molar-refractivity contribution in [3.63, 3.8) is 0 Å². The molecule has 1 aliphatic heterocycles. The molecule has 2 aromatic carbocycles. The van der Waals surface area contributed by atoms with Crippen LogP contribution in [0.2, 0.25) is 0 Å². The minimum atomic E-state index is -4.97. The van der Waals surface area contributed by atoms with Gasteiger partial charge in [0.1, 0.15) is 17.9 Å². The summed E-state index contributed by atoms with van der Waals surface area (Å²) in [6.45, 7) is 1.31. The Bertz CT molecular complexity index is 1780. The summed E-state index contributed by atoms with van der Waals surface area (Å²) in [5.41, 5.74) is 0.540. The summed E-state index contributed by atoms with van der Waals surface area (Å²) in [6, 6.07) is 19.5. The minimum absolute atomic E-state index is 0.186. The smallest absolute Gasteiger partial charge is 0.434 e. The second kappa shape index (κ2) is 11.7. The van der Waals surface area contributed by atoms with E-state index in [2.05, 4.69) is 10.1 Å². The maximum Gasteiger partial charge on any atom is 0.434 e. The number of aromatic nitrogens is 3. The SMILES string of the molecule is O=C(O)c1cnn(-c2cccc(-c3ccccc3OCc3ccc(C4CCN(S(=O)(=O)C5CC5)CC4)cc3)n2)c1C(F)(F)F. The lowest BCUT2D eigenvalue weighted by Crippen LogP contribution is -2.39. The van der Waals surface area contributed by atoms with Crippen LogP contribution in [0.4, 0.5) is 13.2 Å². The Balaban J connectivity index is 1.15. The number of pyridine rings is 1. The molecule has 1 saturated heterocycles. The maximum absolute atomic E-state index is 13.8. The van der Waals surface area contributed by atoms with Gasteiger partial charge in [-0.2, -0.15) is 18.3 Å². The number of sulfonamides is 1. The molecule has 230 valence electrons. The number of hydrogen-bond donors (Lipinski definition) is 1. The third-order valence-corrected chi connectivity index (χ3v) is 10.4. The summed E-state index contributed by atoms with van der Waals surface area (Å²) in [5.74, 6) is -1.18. The minimum Gasteiger partial charge on any atom is -0.488 e. The quantitative estimate of drug-likeness (QED) is 0.246. The van der Waals surface area contributed by atoms with Gasteiger partial charge in [0, 0.05) is 18.7 Å². The van der Waals surface area contributed by atoms with Crippen LogP contribution < -0.4 is 4.74 Å². The molecule has 2 fully saturated rings. The molecular formula is C31H29F3N4O5S. The van der Waals surface area contributed by atoms with E-state index in [1.807, 2.05) is 24.3 Å². The Labute approximate surface area is 252 Å². The molecule has 9 nitrogen and oxygen atoms in total. The molecule has 3 heterocycles. The van der Waals surface area contributed by atoms with Gasteiger partial charge < -0.3 is 9.84 Å². The van der Waals surface area contributed by atoms with Gasteiger partial charge in [0.05, 0.1) is 17.1 Å². The van der Waals surface area contributed by atoms with E-state index in [0.29, 0.717) is 41.0 Å². The van der Waals surface area contributed by atoms with Crippen molar-refractivity contribution in [3.05, 3.63) is 95.3 Å². The Kier molecular flexibility index (Phi) is 7.93. The number of ether oxygens (including phenoxy) is 1. The number of alkyl halides is 3. The molecule has 13 heteroatoms. The van der Waals surface area contributed by atoms with Crippen molar-refractivity contribution in [1.82, 2.24) is 19.1 Å². The molecule has 2 aliphatic rings. The summed E-state index contributed by atoms with van der Waals surface area (Å²) in [5, 5.41) is 12.7. The first-order valence-electron chi connectivity index (χ1n) is 14.2. The number of carboxylic acid groups (broad SMARTS) is 1. The summed E-state index contributed by atoms with van der Waals surface area (Å²) >= 11 is 0. The number of halogens is 3. The molecule has 1 N–H and O–H groups in total. The first-order chi connectivity index (χ1) is 21.0. The second-order valence-electron chi connectivity index (χ2n) is 10.9. The molecule has 0 radical (unpaired) electrons.